The van der Waals surface area contributed by atoms with E-state index in [4.69, 9.17) is 4.74 Å². The Kier molecular flexibility index (Phi) is 6.59. The van der Waals surface area contributed by atoms with E-state index in [0.29, 0.717) is 31.2 Å². The van der Waals surface area contributed by atoms with E-state index in [2.05, 4.69) is 6.07 Å². The number of ether oxygens (including phenoxy) is 1. The molecule has 1 saturated heterocycles. The van der Waals surface area contributed by atoms with Crippen LogP contribution in [0, 0.1) is 28.9 Å². The fourth-order valence-electron chi connectivity index (χ4n) is 5.28. The highest BCUT2D eigenvalue weighted by atomic mass is 19.1. The van der Waals surface area contributed by atoms with Crippen LogP contribution >= 0.6 is 0 Å². The van der Waals surface area contributed by atoms with E-state index in [1.54, 1.807) is 13.8 Å². The van der Waals surface area contributed by atoms with Gasteiger partial charge in [-0.15, -0.1) is 0 Å². The zero-order chi connectivity index (χ0) is 21.9. The van der Waals surface area contributed by atoms with Gasteiger partial charge in [0.2, 0.25) is 0 Å². The van der Waals surface area contributed by atoms with Gasteiger partial charge in [0, 0.05) is 12.0 Å². The number of esters is 1. The molecule has 1 saturated carbocycles. The summed E-state index contributed by atoms with van der Waals surface area (Å²) in [6, 6.07) is 4.66. The zero-order valence-electron chi connectivity index (χ0n) is 17.7. The van der Waals surface area contributed by atoms with E-state index >= 15 is 0 Å². The van der Waals surface area contributed by atoms with Gasteiger partial charge in [0.05, 0.1) is 11.5 Å². The van der Waals surface area contributed by atoms with Crippen molar-refractivity contribution in [2.75, 3.05) is 0 Å². The van der Waals surface area contributed by atoms with Crippen LogP contribution in [0.25, 0.3) is 0 Å². The first kappa shape index (κ1) is 22.4. The summed E-state index contributed by atoms with van der Waals surface area (Å²) in [4.78, 5) is 24.2. The lowest BCUT2D eigenvalue weighted by molar-refractivity contribution is -0.178. The number of Topliss-reactive ketones (excluding diaryl/α,β-unsaturated/α-hetero) is 1. The average molecular weight is 417 g/mol. The van der Waals surface area contributed by atoms with Gasteiger partial charge in [-0.05, 0) is 62.1 Å². The van der Waals surface area contributed by atoms with Crippen molar-refractivity contribution >= 4 is 11.8 Å². The normalized spacial score (nSPS) is 22.8. The monoisotopic (exact) mass is 417 g/mol. The number of hydrogen-bond acceptors (Lipinski definition) is 4. The molecule has 4 nitrogen and oxygen atoms in total. The predicted octanol–water partition coefficient (Wildman–Crippen LogP) is 5.31. The number of halogens is 2. The fraction of sp³-hybridized carbons (Fsp3) is 0.625. The lowest BCUT2D eigenvalue weighted by Gasteiger charge is -2.41. The standard InChI is InChI=1S/C24H29F2NO3/c1-3-23(4-2,15-27)22-19(25)11-16(12-20(22)26)9-10-24(17-7-5-6-8-17)14-18(28)13-21(29)30-24/h11-12,17H,3-10,13-14H2,1-2H3. The van der Waals surface area contributed by atoms with E-state index in [1.165, 1.54) is 12.1 Å². The Bertz CT molecular complexity index is 825. The van der Waals surface area contributed by atoms with Crippen molar-refractivity contribution in [3.63, 3.8) is 0 Å². The molecule has 0 bridgehead atoms. The summed E-state index contributed by atoms with van der Waals surface area (Å²) in [7, 11) is 0. The van der Waals surface area contributed by atoms with Gasteiger partial charge in [-0.1, -0.05) is 26.7 Å². The highest BCUT2D eigenvalue weighted by Crippen LogP contribution is 2.44. The molecule has 1 unspecified atom stereocenters. The van der Waals surface area contributed by atoms with Crippen LogP contribution in [0.2, 0.25) is 0 Å². The number of carbonyl (C=O) groups excluding carboxylic acids is 2. The second-order valence-corrected chi connectivity index (χ2v) is 8.75. The van der Waals surface area contributed by atoms with E-state index < -0.39 is 28.6 Å². The molecule has 3 rings (SSSR count). The maximum atomic E-state index is 14.9. The van der Waals surface area contributed by atoms with E-state index in [9.17, 15) is 23.6 Å². The minimum atomic E-state index is -1.19. The molecule has 0 spiro atoms. The molecule has 2 fully saturated rings. The third kappa shape index (κ3) is 4.12. The summed E-state index contributed by atoms with van der Waals surface area (Å²) < 4.78 is 35.6. The van der Waals surface area contributed by atoms with Crippen molar-refractivity contribution in [2.24, 2.45) is 5.92 Å². The van der Waals surface area contributed by atoms with E-state index in [1.807, 2.05) is 0 Å². The molecule has 1 heterocycles. The number of nitriles is 1. The molecule has 0 radical (unpaired) electrons. The minimum absolute atomic E-state index is 0.103. The molecule has 1 aromatic carbocycles. The summed E-state index contributed by atoms with van der Waals surface area (Å²) in [5.74, 6) is -1.97. The summed E-state index contributed by atoms with van der Waals surface area (Å²) in [6.07, 6.45) is 5.10. The topological polar surface area (TPSA) is 67.2 Å². The summed E-state index contributed by atoms with van der Waals surface area (Å²) in [5, 5.41) is 9.56. The molecule has 30 heavy (non-hydrogen) atoms. The van der Waals surface area contributed by atoms with Crippen LogP contribution in [0.3, 0.4) is 0 Å². The average Bonchev–Trinajstić information content (AvgIpc) is 3.24. The van der Waals surface area contributed by atoms with Crippen LogP contribution in [0.5, 0.6) is 0 Å². The Balaban J connectivity index is 1.87. The molecule has 6 heteroatoms. The Morgan fingerprint density at radius 3 is 2.27 bits per heavy atom. The molecule has 1 aliphatic heterocycles. The van der Waals surface area contributed by atoms with Crippen molar-refractivity contribution in [1.82, 2.24) is 0 Å². The first-order valence-corrected chi connectivity index (χ1v) is 10.9. The smallest absolute Gasteiger partial charge is 0.313 e. The van der Waals surface area contributed by atoms with Gasteiger partial charge in [-0.25, -0.2) is 8.78 Å². The number of nitrogens with zero attached hydrogens (tertiary/aromatic N) is 1. The maximum absolute atomic E-state index is 14.9. The first-order chi connectivity index (χ1) is 14.3. The molecule has 1 aliphatic carbocycles. The SMILES string of the molecule is CCC(C#N)(CC)c1c(F)cc(CCC2(C3CCCC3)CC(=O)CC(=O)O2)cc1F. The van der Waals surface area contributed by atoms with Gasteiger partial charge in [-0.3, -0.25) is 9.59 Å². The number of hydrogen-bond donors (Lipinski definition) is 0. The molecule has 2 aliphatic rings. The molecule has 162 valence electrons. The van der Waals surface area contributed by atoms with Crippen LogP contribution in [0.1, 0.15) is 82.8 Å². The number of cyclic esters (lactones) is 1. The lowest BCUT2D eigenvalue weighted by Crippen LogP contribution is -2.48. The summed E-state index contributed by atoms with van der Waals surface area (Å²) in [6.45, 7) is 3.50. The Labute approximate surface area is 176 Å². The van der Waals surface area contributed by atoms with Gasteiger partial charge in [0.25, 0.3) is 0 Å². The van der Waals surface area contributed by atoms with Crippen molar-refractivity contribution in [3.05, 3.63) is 34.9 Å². The van der Waals surface area contributed by atoms with Crippen molar-refractivity contribution in [3.8, 4) is 6.07 Å². The number of aryl methyl sites for hydroxylation is 1. The van der Waals surface area contributed by atoms with Gasteiger partial charge >= 0.3 is 5.97 Å². The van der Waals surface area contributed by atoms with Crippen molar-refractivity contribution in [1.29, 1.82) is 5.26 Å². The van der Waals surface area contributed by atoms with Gasteiger partial charge in [-0.2, -0.15) is 5.26 Å². The number of benzene rings is 1. The van der Waals surface area contributed by atoms with Crippen LogP contribution in [-0.4, -0.2) is 17.4 Å². The van der Waals surface area contributed by atoms with Crippen LogP contribution in [0.15, 0.2) is 12.1 Å². The lowest BCUT2D eigenvalue weighted by atomic mass is 9.75. The molecule has 1 atom stereocenters. The third-order valence-corrected chi connectivity index (χ3v) is 7.09. The molecular formula is C24H29F2NO3. The minimum Gasteiger partial charge on any atom is -0.458 e. The predicted molar refractivity (Wildman–Crippen MR) is 108 cm³/mol. The molecule has 0 N–H and O–H groups in total. The summed E-state index contributed by atoms with van der Waals surface area (Å²) in [5.41, 5.74) is -1.80. The highest BCUT2D eigenvalue weighted by molar-refractivity contribution is 5.98. The molecule has 0 amide bonds. The maximum Gasteiger partial charge on any atom is 0.313 e. The van der Waals surface area contributed by atoms with Crippen molar-refractivity contribution < 1.29 is 23.1 Å². The van der Waals surface area contributed by atoms with Gasteiger partial charge < -0.3 is 4.74 Å². The van der Waals surface area contributed by atoms with E-state index in [0.717, 1.165) is 25.7 Å². The molecule has 1 aromatic rings. The van der Waals surface area contributed by atoms with Crippen LogP contribution in [0.4, 0.5) is 8.78 Å². The summed E-state index contributed by atoms with van der Waals surface area (Å²) >= 11 is 0. The van der Waals surface area contributed by atoms with Crippen molar-refractivity contribution in [2.45, 2.75) is 89.1 Å². The number of rotatable bonds is 7. The first-order valence-electron chi connectivity index (χ1n) is 10.9. The quantitative estimate of drug-likeness (QED) is 0.445. The second-order valence-electron chi connectivity index (χ2n) is 8.75. The highest BCUT2D eigenvalue weighted by Gasteiger charge is 2.47. The fourth-order valence-corrected chi connectivity index (χ4v) is 5.28. The molecule has 0 aromatic heterocycles. The number of ketones is 1. The largest absolute Gasteiger partial charge is 0.458 e. The Hall–Kier alpha value is -2.29. The van der Waals surface area contributed by atoms with Crippen LogP contribution < -0.4 is 0 Å². The van der Waals surface area contributed by atoms with E-state index in [-0.39, 0.29) is 30.1 Å². The zero-order valence-corrected chi connectivity index (χ0v) is 17.7. The Morgan fingerprint density at radius 2 is 1.77 bits per heavy atom. The van der Waals surface area contributed by atoms with Gasteiger partial charge in [0.15, 0.2) is 0 Å². The van der Waals surface area contributed by atoms with Crippen LogP contribution in [-0.2, 0) is 26.2 Å². The Morgan fingerprint density at radius 1 is 1.17 bits per heavy atom. The second kappa shape index (κ2) is 8.83. The molecular weight excluding hydrogens is 388 g/mol. The third-order valence-electron chi connectivity index (χ3n) is 7.09. The number of carbonyl (C=O) groups is 2. The van der Waals surface area contributed by atoms with Gasteiger partial charge in [0.1, 0.15) is 29.4 Å².